The molecule has 1 aliphatic carbocycles. The lowest BCUT2D eigenvalue weighted by Crippen LogP contribution is -2.33. The summed E-state index contributed by atoms with van der Waals surface area (Å²) in [5, 5.41) is 15.0. The first-order valence-corrected chi connectivity index (χ1v) is 10.2. The van der Waals surface area contributed by atoms with Crippen molar-refractivity contribution in [2.45, 2.75) is 52.5 Å². The minimum Gasteiger partial charge on any atom is -0.343 e. The van der Waals surface area contributed by atoms with Gasteiger partial charge in [0.2, 0.25) is 5.91 Å². The molecule has 4 rings (SSSR count). The van der Waals surface area contributed by atoms with Crippen LogP contribution < -0.4 is 10.6 Å². The molecule has 3 aromatic heterocycles. The Hall–Kier alpha value is -3.23. The maximum Gasteiger partial charge on any atom is 0.252 e. The van der Waals surface area contributed by atoms with Gasteiger partial charge in [0.15, 0.2) is 5.65 Å². The van der Waals surface area contributed by atoms with Crippen molar-refractivity contribution in [2.75, 3.05) is 11.9 Å². The van der Waals surface area contributed by atoms with E-state index in [0.717, 1.165) is 29.9 Å². The molecule has 9 nitrogen and oxygen atoms in total. The van der Waals surface area contributed by atoms with Crippen LogP contribution in [0.3, 0.4) is 0 Å². The summed E-state index contributed by atoms with van der Waals surface area (Å²) in [7, 11) is 1.82. The molecule has 3 heterocycles. The van der Waals surface area contributed by atoms with Gasteiger partial charge in [-0.1, -0.05) is 0 Å². The van der Waals surface area contributed by atoms with Crippen molar-refractivity contribution >= 4 is 28.5 Å². The average Bonchev–Trinajstić information content (AvgIpc) is 3.42. The molecule has 0 atom stereocenters. The van der Waals surface area contributed by atoms with Gasteiger partial charge < -0.3 is 10.6 Å². The van der Waals surface area contributed by atoms with Crippen LogP contribution in [0.4, 0.5) is 5.69 Å². The molecule has 9 heteroatoms. The van der Waals surface area contributed by atoms with Crippen LogP contribution in [0.2, 0.25) is 0 Å². The third-order valence-electron chi connectivity index (χ3n) is 5.50. The molecule has 1 fully saturated rings. The number of hydrogen-bond acceptors (Lipinski definition) is 5. The number of anilines is 1. The predicted molar refractivity (Wildman–Crippen MR) is 114 cm³/mol. The third-order valence-corrected chi connectivity index (χ3v) is 5.50. The molecule has 0 bridgehead atoms. The van der Waals surface area contributed by atoms with E-state index in [9.17, 15) is 9.59 Å². The zero-order valence-electron chi connectivity index (χ0n) is 18.0. The first-order valence-electron chi connectivity index (χ1n) is 10.2. The van der Waals surface area contributed by atoms with Gasteiger partial charge >= 0.3 is 0 Å². The Balaban J connectivity index is 1.53. The molecule has 2 N–H and O–H groups in total. The Morgan fingerprint density at radius 2 is 2.00 bits per heavy atom. The van der Waals surface area contributed by atoms with Crippen LogP contribution in [0.15, 0.2) is 12.3 Å². The molecule has 0 aliphatic heterocycles. The van der Waals surface area contributed by atoms with Crippen LogP contribution in [0, 0.1) is 13.8 Å². The number of pyridine rings is 1. The first-order chi connectivity index (χ1) is 14.3. The summed E-state index contributed by atoms with van der Waals surface area (Å²) in [6.07, 6.45) is 3.85. The minimum atomic E-state index is -0.303. The van der Waals surface area contributed by atoms with Gasteiger partial charge in [0.25, 0.3) is 5.91 Å². The second-order valence-electron chi connectivity index (χ2n) is 8.19. The van der Waals surface area contributed by atoms with Crippen molar-refractivity contribution in [3.8, 4) is 0 Å². The third kappa shape index (κ3) is 3.67. The van der Waals surface area contributed by atoms with Crippen molar-refractivity contribution in [1.29, 1.82) is 0 Å². The SMILES string of the molecule is Cc1nn(C)c(C)c1NC(=O)CNC(=O)c1cc(C2CC2)nc2c1cnn2C(C)C. The van der Waals surface area contributed by atoms with E-state index in [4.69, 9.17) is 4.98 Å². The second-order valence-corrected chi connectivity index (χ2v) is 8.19. The molecule has 30 heavy (non-hydrogen) atoms. The number of nitrogens with one attached hydrogen (secondary N) is 2. The van der Waals surface area contributed by atoms with E-state index in [1.807, 2.05) is 45.5 Å². The number of fused-ring (bicyclic) bond motifs is 1. The summed E-state index contributed by atoms with van der Waals surface area (Å²) in [4.78, 5) is 30.1. The topological polar surface area (TPSA) is 107 Å². The van der Waals surface area contributed by atoms with E-state index in [1.54, 1.807) is 10.9 Å². The van der Waals surface area contributed by atoms with E-state index in [2.05, 4.69) is 20.8 Å². The summed E-state index contributed by atoms with van der Waals surface area (Å²) < 4.78 is 3.54. The standard InChI is InChI=1S/C21H27N7O2/c1-11(2)28-20-16(9-23-28)15(8-17(24-20)14-6-7-14)21(30)22-10-18(29)25-19-12(3)26-27(5)13(19)4/h8-9,11,14H,6-7,10H2,1-5H3,(H,22,30)(H,25,29). The average molecular weight is 409 g/mol. The van der Waals surface area contributed by atoms with E-state index >= 15 is 0 Å². The van der Waals surface area contributed by atoms with Crippen molar-refractivity contribution in [2.24, 2.45) is 7.05 Å². The molecule has 0 spiro atoms. The molecule has 0 unspecified atom stereocenters. The van der Waals surface area contributed by atoms with Gasteiger partial charge in [-0.3, -0.25) is 14.3 Å². The van der Waals surface area contributed by atoms with Gasteiger partial charge in [0, 0.05) is 24.7 Å². The lowest BCUT2D eigenvalue weighted by molar-refractivity contribution is -0.115. The monoisotopic (exact) mass is 409 g/mol. The highest BCUT2D eigenvalue weighted by molar-refractivity contribution is 6.07. The molecule has 0 radical (unpaired) electrons. The normalized spacial score (nSPS) is 13.8. The Kier molecular flexibility index (Phi) is 5.05. The van der Waals surface area contributed by atoms with Crippen LogP contribution in [-0.4, -0.2) is 42.9 Å². The number of amides is 2. The second kappa shape index (κ2) is 7.55. The maximum absolute atomic E-state index is 13.0. The highest BCUT2D eigenvalue weighted by Crippen LogP contribution is 2.40. The maximum atomic E-state index is 13.0. The number of nitrogens with zero attached hydrogens (tertiary/aromatic N) is 5. The predicted octanol–water partition coefficient (Wildman–Crippen LogP) is 2.61. The smallest absolute Gasteiger partial charge is 0.252 e. The summed E-state index contributed by atoms with van der Waals surface area (Å²) >= 11 is 0. The highest BCUT2D eigenvalue weighted by Gasteiger charge is 2.28. The molecular weight excluding hydrogens is 382 g/mol. The van der Waals surface area contributed by atoms with Gasteiger partial charge in [-0.15, -0.1) is 0 Å². The fourth-order valence-electron chi connectivity index (χ4n) is 3.59. The quantitative estimate of drug-likeness (QED) is 0.651. The van der Waals surface area contributed by atoms with Crippen LogP contribution in [0.5, 0.6) is 0 Å². The zero-order valence-corrected chi connectivity index (χ0v) is 18.0. The number of aromatic nitrogens is 5. The lowest BCUT2D eigenvalue weighted by atomic mass is 10.1. The number of carbonyl (C=O) groups excluding carboxylic acids is 2. The number of carbonyl (C=O) groups is 2. The fraction of sp³-hybridized carbons (Fsp3) is 0.476. The molecule has 0 aromatic carbocycles. The molecular formula is C21H27N7O2. The van der Waals surface area contributed by atoms with Gasteiger partial charge in [0.1, 0.15) is 0 Å². The Morgan fingerprint density at radius 3 is 2.60 bits per heavy atom. The van der Waals surface area contributed by atoms with E-state index in [0.29, 0.717) is 28.2 Å². The van der Waals surface area contributed by atoms with E-state index in [1.165, 1.54) is 0 Å². The Labute approximate surface area is 174 Å². The largest absolute Gasteiger partial charge is 0.343 e. The van der Waals surface area contributed by atoms with Gasteiger partial charge in [-0.2, -0.15) is 10.2 Å². The minimum absolute atomic E-state index is 0.131. The Bertz CT molecular complexity index is 1140. The molecule has 1 aliphatic rings. The van der Waals surface area contributed by atoms with Gasteiger partial charge in [-0.05, 0) is 46.6 Å². The van der Waals surface area contributed by atoms with E-state index < -0.39 is 0 Å². The molecule has 0 saturated heterocycles. The van der Waals surface area contributed by atoms with Crippen LogP contribution >= 0.6 is 0 Å². The summed E-state index contributed by atoms with van der Waals surface area (Å²) in [6.45, 7) is 7.65. The summed E-state index contributed by atoms with van der Waals surface area (Å²) in [5.74, 6) is -0.202. The van der Waals surface area contributed by atoms with Crippen molar-refractivity contribution in [3.63, 3.8) is 0 Å². The first kappa shape index (κ1) is 20.1. The number of aryl methyl sites for hydroxylation is 2. The number of hydrogen-bond donors (Lipinski definition) is 2. The zero-order chi connectivity index (χ0) is 21.6. The molecule has 3 aromatic rings. The Morgan fingerprint density at radius 1 is 1.27 bits per heavy atom. The highest BCUT2D eigenvalue weighted by atomic mass is 16.2. The van der Waals surface area contributed by atoms with Crippen LogP contribution in [-0.2, 0) is 11.8 Å². The molecule has 158 valence electrons. The summed E-state index contributed by atoms with van der Waals surface area (Å²) in [6, 6.07) is 1.98. The fourth-order valence-corrected chi connectivity index (χ4v) is 3.59. The van der Waals surface area contributed by atoms with Crippen LogP contribution in [0.1, 0.15) is 66.1 Å². The lowest BCUT2D eigenvalue weighted by Gasteiger charge is -2.11. The van der Waals surface area contributed by atoms with Crippen LogP contribution in [0.25, 0.3) is 11.0 Å². The molecule has 2 amide bonds. The van der Waals surface area contributed by atoms with Crippen molar-refractivity contribution in [1.82, 2.24) is 29.9 Å². The van der Waals surface area contributed by atoms with Gasteiger partial charge in [-0.25, -0.2) is 9.67 Å². The van der Waals surface area contributed by atoms with Gasteiger partial charge in [0.05, 0.1) is 40.8 Å². The van der Waals surface area contributed by atoms with Crippen molar-refractivity contribution < 1.29 is 9.59 Å². The summed E-state index contributed by atoms with van der Waals surface area (Å²) in [5.41, 5.74) is 4.42. The number of rotatable bonds is 6. The molecule has 1 saturated carbocycles. The van der Waals surface area contributed by atoms with Crippen molar-refractivity contribution in [3.05, 3.63) is 34.9 Å². The van der Waals surface area contributed by atoms with E-state index in [-0.39, 0.29) is 24.4 Å².